The Morgan fingerprint density at radius 2 is 2.22 bits per heavy atom. The third-order valence-corrected chi connectivity index (χ3v) is 4.43. The van der Waals surface area contributed by atoms with Crippen molar-refractivity contribution in [1.82, 2.24) is 10.2 Å². The normalized spacial score (nSPS) is 19.6. The molecule has 1 N–H and O–H groups in total. The summed E-state index contributed by atoms with van der Waals surface area (Å²) in [5.41, 5.74) is 0.878. The highest BCUT2D eigenvalue weighted by atomic mass is 19.1. The fourth-order valence-electron chi connectivity index (χ4n) is 2.96. The molecule has 0 spiro atoms. The summed E-state index contributed by atoms with van der Waals surface area (Å²) in [5, 5.41) is 12.7. The van der Waals surface area contributed by atoms with E-state index in [1.54, 1.807) is 34.4 Å². The molecule has 0 bridgehead atoms. The second-order valence-electron chi connectivity index (χ2n) is 6.32. The van der Waals surface area contributed by atoms with Crippen molar-refractivity contribution < 1.29 is 18.4 Å². The SMILES string of the molecule is CN1CCN(c2ccc(N3C[C@H](CNc4ccon4)OC3=O)cc2F)C=N1. The maximum Gasteiger partial charge on any atom is 0.414 e. The number of hydrogen-bond donors (Lipinski definition) is 1. The van der Waals surface area contributed by atoms with Gasteiger partial charge in [0.2, 0.25) is 0 Å². The number of nitrogens with zero attached hydrogens (tertiary/aromatic N) is 5. The van der Waals surface area contributed by atoms with Gasteiger partial charge in [0.05, 0.1) is 31.0 Å². The molecule has 0 aliphatic carbocycles. The van der Waals surface area contributed by atoms with Gasteiger partial charge in [-0.2, -0.15) is 5.10 Å². The number of hydrogen-bond acceptors (Lipinski definition) is 8. The molecule has 2 aliphatic rings. The van der Waals surface area contributed by atoms with Crippen LogP contribution in [0.5, 0.6) is 0 Å². The first-order chi connectivity index (χ1) is 13.1. The molecule has 1 aromatic heterocycles. The van der Waals surface area contributed by atoms with E-state index in [1.807, 2.05) is 7.05 Å². The van der Waals surface area contributed by atoms with E-state index in [2.05, 4.69) is 15.6 Å². The zero-order valence-corrected chi connectivity index (χ0v) is 14.7. The number of carbonyl (C=O) groups excluding carboxylic acids is 1. The molecule has 2 aromatic rings. The molecule has 2 aliphatic heterocycles. The van der Waals surface area contributed by atoms with Gasteiger partial charge in [0.15, 0.2) is 5.82 Å². The standard InChI is InChI=1S/C17H19FN6O3/c1-22-5-6-23(11-20-22)15-3-2-12(8-14(15)18)24-10-13(27-17(24)25)9-19-16-4-7-26-21-16/h2-4,7-8,11,13H,5-6,9-10H2,1H3,(H,19,21)/t13-/m0/s1. The highest BCUT2D eigenvalue weighted by molar-refractivity contribution is 5.90. The molecule has 1 amide bonds. The number of carbonyl (C=O) groups is 1. The quantitative estimate of drug-likeness (QED) is 0.856. The molecule has 0 radical (unpaired) electrons. The Morgan fingerprint density at radius 3 is 2.93 bits per heavy atom. The molecule has 3 heterocycles. The minimum Gasteiger partial charge on any atom is -0.442 e. The second-order valence-corrected chi connectivity index (χ2v) is 6.32. The molecule has 4 rings (SSSR count). The number of nitrogens with one attached hydrogen (secondary N) is 1. The van der Waals surface area contributed by atoms with Crippen LogP contribution >= 0.6 is 0 Å². The van der Waals surface area contributed by atoms with Crippen LogP contribution in [-0.2, 0) is 4.74 Å². The zero-order valence-electron chi connectivity index (χ0n) is 14.7. The van der Waals surface area contributed by atoms with Gasteiger partial charge in [-0.15, -0.1) is 0 Å². The first kappa shape index (κ1) is 17.1. The van der Waals surface area contributed by atoms with Gasteiger partial charge >= 0.3 is 6.09 Å². The fraction of sp³-hybridized carbons (Fsp3) is 0.353. The number of anilines is 3. The van der Waals surface area contributed by atoms with Crippen molar-refractivity contribution >= 4 is 29.6 Å². The van der Waals surface area contributed by atoms with E-state index in [-0.39, 0.29) is 6.10 Å². The number of cyclic esters (lactones) is 1. The smallest absolute Gasteiger partial charge is 0.414 e. The molecule has 10 heteroatoms. The Bertz CT molecular complexity index is 843. The van der Waals surface area contributed by atoms with Crippen LogP contribution in [0.4, 0.5) is 26.4 Å². The topological polar surface area (TPSA) is 86.4 Å². The predicted octanol–water partition coefficient (Wildman–Crippen LogP) is 1.95. The van der Waals surface area contributed by atoms with Crippen molar-refractivity contribution in [1.29, 1.82) is 0 Å². The molecule has 1 atom stereocenters. The highest BCUT2D eigenvalue weighted by Gasteiger charge is 2.33. The molecule has 0 unspecified atom stereocenters. The number of ether oxygens (including phenoxy) is 1. The molecule has 27 heavy (non-hydrogen) atoms. The van der Waals surface area contributed by atoms with Gasteiger partial charge in [-0.1, -0.05) is 5.16 Å². The molecule has 0 saturated carbocycles. The lowest BCUT2D eigenvalue weighted by Crippen LogP contribution is -2.36. The van der Waals surface area contributed by atoms with E-state index in [0.29, 0.717) is 43.4 Å². The summed E-state index contributed by atoms with van der Waals surface area (Å²) in [6.45, 7) is 2.04. The maximum absolute atomic E-state index is 14.6. The number of aromatic nitrogens is 1. The van der Waals surface area contributed by atoms with E-state index in [9.17, 15) is 9.18 Å². The van der Waals surface area contributed by atoms with Gasteiger partial charge in [-0.05, 0) is 18.2 Å². The second kappa shape index (κ2) is 7.14. The molecule has 1 saturated heterocycles. The molecule has 142 valence electrons. The first-order valence-corrected chi connectivity index (χ1v) is 8.54. The lowest BCUT2D eigenvalue weighted by atomic mass is 10.2. The van der Waals surface area contributed by atoms with Crippen LogP contribution in [-0.4, -0.2) is 61.9 Å². The lowest BCUT2D eigenvalue weighted by molar-refractivity contribution is 0.147. The number of halogens is 1. The van der Waals surface area contributed by atoms with Crippen molar-refractivity contribution in [3.05, 3.63) is 36.3 Å². The van der Waals surface area contributed by atoms with E-state index in [4.69, 9.17) is 9.26 Å². The van der Waals surface area contributed by atoms with E-state index < -0.39 is 11.9 Å². The van der Waals surface area contributed by atoms with Gasteiger partial charge in [0.1, 0.15) is 24.5 Å². The highest BCUT2D eigenvalue weighted by Crippen LogP contribution is 2.28. The van der Waals surface area contributed by atoms with Gasteiger partial charge in [-0.25, -0.2) is 9.18 Å². The fourth-order valence-corrected chi connectivity index (χ4v) is 2.96. The van der Waals surface area contributed by atoms with E-state index in [1.165, 1.54) is 17.2 Å². The average molecular weight is 374 g/mol. The van der Waals surface area contributed by atoms with Crippen molar-refractivity contribution in [3.63, 3.8) is 0 Å². The van der Waals surface area contributed by atoms with Gasteiger partial charge in [-0.3, -0.25) is 9.91 Å². The van der Waals surface area contributed by atoms with Crippen LogP contribution in [0.1, 0.15) is 0 Å². The summed E-state index contributed by atoms with van der Waals surface area (Å²) < 4.78 is 24.7. The molecule has 1 aromatic carbocycles. The summed E-state index contributed by atoms with van der Waals surface area (Å²) in [4.78, 5) is 15.3. The number of likely N-dealkylation sites (N-methyl/N-ethyl adjacent to an activating group) is 1. The van der Waals surface area contributed by atoms with Crippen LogP contribution in [0.3, 0.4) is 0 Å². The van der Waals surface area contributed by atoms with Crippen LogP contribution in [0.25, 0.3) is 0 Å². The Hall–Kier alpha value is -3.30. The van der Waals surface area contributed by atoms with Crippen LogP contribution in [0.2, 0.25) is 0 Å². The largest absolute Gasteiger partial charge is 0.442 e. The summed E-state index contributed by atoms with van der Waals surface area (Å²) in [6.07, 6.45) is 2.17. The molecule has 1 fully saturated rings. The van der Waals surface area contributed by atoms with Crippen molar-refractivity contribution in [2.24, 2.45) is 5.10 Å². The van der Waals surface area contributed by atoms with E-state index >= 15 is 0 Å². The van der Waals surface area contributed by atoms with Gasteiger partial charge in [0.25, 0.3) is 0 Å². The Morgan fingerprint density at radius 1 is 1.33 bits per heavy atom. The number of amides is 1. The monoisotopic (exact) mass is 374 g/mol. The minimum absolute atomic E-state index is 0.318. The first-order valence-electron chi connectivity index (χ1n) is 8.54. The average Bonchev–Trinajstić information content (AvgIpc) is 3.30. The maximum atomic E-state index is 14.6. The van der Waals surface area contributed by atoms with Crippen molar-refractivity contribution in [2.75, 3.05) is 48.3 Å². The number of hydrazone groups is 1. The van der Waals surface area contributed by atoms with E-state index in [0.717, 1.165) is 0 Å². The summed E-state index contributed by atoms with van der Waals surface area (Å²) >= 11 is 0. The van der Waals surface area contributed by atoms with Gasteiger partial charge in [0, 0.05) is 19.7 Å². The Labute approximate surface area is 154 Å². The molecular formula is C17H19FN6O3. The molecule has 9 nitrogen and oxygen atoms in total. The predicted molar refractivity (Wildman–Crippen MR) is 97.5 cm³/mol. The van der Waals surface area contributed by atoms with Crippen LogP contribution in [0.15, 0.2) is 40.2 Å². The number of rotatable bonds is 5. The zero-order chi connectivity index (χ0) is 18.8. The van der Waals surface area contributed by atoms with Crippen LogP contribution < -0.4 is 15.1 Å². The third kappa shape index (κ3) is 3.64. The van der Waals surface area contributed by atoms with Crippen molar-refractivity contribution in [2.45, 2.75) is 6.10 Å². The van der Waals surface area contributed by atoms with Gasteiger partial charge < -0.3 is 19.5 Å². The summed E-state index contributed by atoms with van der Waals surface area (Å²) in [5.74, 6) is 0.147. The van der Waals surface area contributed by atoms with Crippen molar-refractivity contribution in [3.8, 4) is 0 Å². The lowest BCUT2D eigenvalue weighted by Gasteiger charge is -2.28. The number of benzene rings is 1. The summed E-state index contributed by atoms with van der Waals surface area (Å²) in [7, 11) is 1.86. The Balaban J connectivity index is 1.43. The molecular weight excluding hydrogens is 355 g/mol. The minimum atomic E-state index is -0.504. The summed E-state index contributed by atoms with van der Waals surface area (Å²) in [6, 6.07) is 6.37. The Kier molecular flexibility index (Phi) is 4.53. The van der Waals surface area contributed by atoms with Crippen LogP contribution in [0, 0.1) is 5.82 Å². The third-order valence-electron chi connectivity index (χ3n) is 4.43.